The molecule has 2 rings (SSSR count). The maximum Gasteiger partial charge on any atom is 0.121 e. The van der Waals surface area contributed by atoms with Crippen LogP contribution in [0.15, 0.2) is 18.2 Å². The number of nitrogens with two attached hydrogens (primary N) is 1. The lowest BCUT2D eigenvalue weighted by Crippen LogP contribution is -2.34. The third-order valence-corrected chi connectivity index (χ3v) is 3.48. The van der Waals surface area contributed by atoms with Gasteiger partial charge in [0, 0.05) is 17.8 Å². The number of hydrogen-bond acceptors (Lipinski definition) is 3. The minimum absolute atomic E-state index is 0.362. The Kier molecular flexibility index (Phi) is 3.89. The molecule has 1 saturated carbocycles. The number of methoxy groups -OCH3 is 1. The van der Waals surface area contributed by atoms with E-state index in [0.717, 1.165) is 17.7 Å². The van der Waals surface area contributed by atoms with E-state index >= 15 is 0 Å². The molecule has 0 amide bonds. The van der Waals surface area contributed by atoms with Gasteiger partial charge in [0.05, 0.1) is 7.11 Å². The molecule has 0 saturated heterocycles. The van der Waals surface area contributed by atoms with Crippen LogP contribution in [0.2, 0.25) is 0 Å². The minimum Gasteiger partial charge on any atom is -0.496 e. The van der Waals surface area contributed by atoms with Gasteiger partial charge in [0.2, 0.25) is 0 Å². The second-order valence-corrected chi connectivity index (χ2v) is 4.95. The van der Waals surface area contributed by atoms with Crippen LogP contribution < -0.4 is 15.8 Å². The lowest BCUT2D eigenvalue weighted by atomic mass is 9.91. The third-order valence-electron chi connectivity index (χ3n) is 3.48. The van der Waals surface area contributed by atoms with E-state index in [1.807, 2.05) is 6.07 Å². The average molecular weight is 234 g/mol. The van der Waals surface area contributed by atoms with Crippen LogP contribution in [0.1, 0.15) is 31.2 Å². The summed E-state index contributed by atoms with van der Waals surface area (Å²) in [7, 11) is 1.70. The molecule has 3 heteroatoms. The fraction of sp³-hybridized carbons (Fsp3) is 0.571. The monoisotopic (exact) mass is 234 g/mol. The van der Waals surface area contributed by atoms with Crippen molar-refractivity contribution in [2.24, 2.45) is 5.73 Å². The molecular weight excluding hydrogens is 212 g/mol. The molecule has 0 spiro atoms. The Bertz CT molecular complexity index is 378. The minimum atomic E-state index is 0.362. The third kappa shape index (κ3) is 3.13. The van der Waals surface area contributed by atoms with Crippen LogP contribution in [0.4, 0.5) is 5.69 Å². The van der Waals surface area contributed by atoms with Gasteiger partial charge in [-0.15, -0.1) is 0 Å². The molecule has 1 aliphatic rings. The first-order valence-corrected chi connectivity index (χ1v) is 6.36. The number of benzene rings is 1. The highest BCUT2D eigenvalue weighted by molar-refractivity contribution is 5.51. The van der Waals surface area contributed by atoms with E-state index in [0.29, 0.717) is 12.1 Å². The predicted octanol–water partition coefficient (Wildman–Crippen LogP) is 2.69. The van der Waals surface area contributed by atoms with Gasteiger partial charge in [-0.05, 0) is 56.4 Å². The summed E-state index contributed by atoms with van der Waals surface area (Å²) in [5.41, 5.74) is 8.33. The maximum absolute atomic E-state index is 5.99. The van der Waals surface area contributed by atoms with E-state index in [-0.39, 0.29) is 0 Å². The molecule has 2 atom stereocenters. The van der Waals surface area contributed by atoms with Crippen molar-refractivity contribution < 1.29 is 4.74 Å². The van der Waals surface area contributed by atoms with E-state index in [4.69, 9.17) is 10.5 Å². The van der Waals surface area contributed by atoms with Gasteiger partial charge in [0.15, 0.2) is 0 Å². The zero-order valence-electron chi connectivity index (χ0n) is 10.7. The van der Waals surface area contributed by atoms with Crippen molar-refractivity contribution in [3.63, 3.8) is 0 Å². The molecule has 0 aliphatic heterocycles. The number of anilines is 1. The Morgan fingerprint density at radius 1 is 1.35 bits per heavy atom. The topological polar surface area (TPSA) is 47.3 Å². The Labute approximate surface area is 103 Å². The van der Waals surface area contributed by atoms with Crippen LogP contribution in [0.25, 0.3) is 0 Å². The molecule has 3 nitrogen and oxygen atoms in total. The van der Waals surface area contributed by atoms with Crippen molar-refractivity contribution in [3.8, 4) is 5.75 Å². The standard InChI is InChI=1S/C14H22N2O/c1-10-8-13(6-7-14(10)17-2)16-12-5-3-4-11(15)9-12/h6-8,11-12,16H,3-5,9,15H2,1-2H3. The molecule has 1 aromatic carbocycles. The lowest BCUT2D eigenvalue weighted by molar-refractivity contribution is 0.408. The molecule has 17 heavy (non-hydrogen) atoms. The van der Waals surface area contributed by atoms with Gasteiger partial charge in [0.1, 0.15) is 5.75 Å². The maximum atomic E-state index is 5.99. The largest absolute Gasteiger partial charge is 0.496 e. The summed E-state index contributed by atoms with van der Waals surface area (Å²) in [6, 6.07) is 7.11. The summed E-state index contributed by atoms with van der Waals surface area (Å²) >= 11 is 0. The first kappa shape index (κ1) is 12.2. The summed E-state index contributed by atoms with van der Waals surface area (Å²) in [4.78, 5) is 0. The summed E-state index contributed by atoms with van der Waals surface area (Å²) in [5, 5.41) is 3.57. The van der Waals surface area contributed by atoms with Crippen LogP contribution in [0, 0.1) is 6.92 Å². The molecule has 3 N–H and O–H groups in total. The Morgan fingerprint density at radius 3 is 2.82 bits per heavy atom. The molecular formula is C14H22N2O. The fourth-order valence-corrected chi connectivity index (χ4v) is 2.56. The van der Waals surface area contributed by atoms with Gasteiger partial charge < -0.3 is 15.8 Å². The highest BCUT2D eigenvalue weighted by atomic mass is 16.5. The van der Waals surface area contributed by atoms with Crippen molar-refractivity contribution in [3.05, 3.63) is 23.8 Å². The van der Waals surface area contributed by atoms with E-state index in [9.17, 15) is 0 Å². The van der Waals surface area contributed by atoms with Crippen molar-refractivity contribution in [1.82, 2.24) is 0 Å². The van der Waals surface area contributed by atoms with Gasteiger partial charge in [-0.3, -0.25) is 0 Å². The van der Waals surface area contributed by atoms with Crippen molar-refractivity contribution in [2.45, 2.75) is 44.7 Å². The first-order chi connectivity index (χ1) is 8.19. The quantitative estimate of drug-likeness (QED) is 0.845. The highest BCUT2D eigenvalue weighted by Gasteiger charge is 2.18. The molecule has 1 aliphatic carbocycles. The molecule has 2 unspecified atom stereocenters. The molecule has 1 fully saturated rings. The zero-order chi connectivity index (χ0) is 12.3. The highest BCUT2D eigenvalue weighted by Crippen LogP contribution is 2.25. The van der Waals surface area contributed by atoms with Gasteiger partial charge >= 0.3 is 0 Å². The SMILES string of the molecule is COc1ccc(NC2CCCC(N)C2)cc1C. The number of ether oxygens (including phenoxy) is 1. The van der Waals surface area contributed by atoms with E-state index in [2.05, 4.69) is 24.4 Å². The van der Waals surface area contributed by atoms with Crippen LogP contribution in [0.5, 0.6) is 5.75 Å². The van der Waals surface area contributed by atoms with E-state index in [1.54, 1.807) is 7.11 Å². The molecule has 0 bridgehead atoms. The Morgan fingerprint density at radius 2 is 2.18 bits per heavy atom. The van der Waals surface area contributed by atoms with Gasteiger partial charge in [-0.1, -0.05) is 0 Å². The number of nitrogens with one attached hydrogen (secondary N) is 1. The van der Waals surface area contributed by atoms with Crippen molar-refractivity contribution in [2.75, 3.05) is 12.4 Å². The molecule has 94 valence electrons. The van der Waals surface area contributed by atoms with Crippen molar-refractivity contribution in [1.29, 1.82) is 0 Å². The smallest absolute Gasteiger partial charge is 0.121 e. The summed E-state index contributed by atoms with van der Waals surface area (Å²) < 4.78 is 5.26. The number of aryl methyl sites for hydroxylation is 1. The van der Waals surface area contributed by atoms with Crippen LogP contribution in [-0.4, -0.2) is 19.2 Å². The van der Waals surface area contributed by atoms with E-state index in [1.165, 1.54) is 24.9 Å². The second kappa shape index (κ2) is 5.41. The van der Waals surface area contributed by atoms with Gasteiger partial charge in [-0.25, -0.2) is 0 Å². The second-order valence-electron chi connectivity index (χ2n) is 4.95. The van der Waals surface area contributed by atoms with Crippen LogP contribution in [-0.2, 0) is 0 Å². The average Bonchev–Trinajstić information content (AvgIpc) is 2.29. The van der Waals surface area contributed by atoms with Gasteiger partial charge in [-0.2, -0.15) is 0 Å². The molecule has 1 aromatic rings. The van der Waals surface area contributed by atoms with Gasteiger partial charge in [0.25, 0.3) is 0 Å². The number of hydrogen-bond donors (Lipinski definition) is 2. The number of rotatable bonds is 3. The summed E-state index contributed by atoms with van der Waals surface area (Å²) in [6.07, 6.45) is 4.69. The summed E-state index contributed by atoms with van der Waals surface area (Å²) in [6.45, 7) is 2.07. The molecule has 0 radical (unpaired) electrons. The van der Waals surface area contributed by atoms with Crippen molar-refractivity contribution >= 4 is 5.69 Å². The molecule has 0 aromatic heterocycles. The van der Waals surface area contributed by atoms with Crippen LogP contribution in [0.3, 0.4) is 0 Å². The normalized spacial score (nSPS) is 24.4. The lowest BCUT2D eigenvalue weighted by Gasteiger charge is -2.28. The van der Waals surface area contributed by atoms with E-state index < -0.39 is 0 Å². The fourth-order valence-electron chi connectivity index (χ4n) is 2.56. The summed E-state index contributed by atoms with van der Waals surface area (Å²) in [5.74, 6) is 0.941. The predicted molar refractivity (Wildman–Crippen MR) is 71.6 cm³/mol. The Balaban J connectivity index is 2.00. The first-order valence-electron chi connectivity index (χ1n) is 6.36. The molecule has 0 heterocycles. The zero-order valence-corrected chi connectivity index (χ0v) is 10.7. The Hall–Kier alpha value is -1.22. The van der Waals surface area contributed by atoms with Crippen LogP contribution >= 0.6 is 0 Å².